The molecule has 1 aliphatic heterocycles. The van der Waals surface area contributed by atoms with Crippen LogP contribution in [0.3, 0.4) is 0 Å². The molecular formula is C16H28N2OS. The molecule has 3 rings (SSSR count). The average molecular weight is 296 g/mol. The van der Waals surface area contributed by atoms with Gasteiger partial charge in [0, 0.05) is 36.1 Å². The van der Waals surface area contributed by atoms with E-state index in [2.05, 4.69) is 11.8 Å². The van der Waals surface area contributed by atoms with Gasteiger partial charge < -0.3 is 10.6 Å². The van der Waals surface area contributed by atoms with E-state index in [1.54, 1.807) is 0 Å². The molecule has 20 heavy (non-hydrogen) atoms. The van der Waals surface area contributed by atoms with E-state index in [0.29, 0.717) is 29.0 Å². The molecule has 1 amide bonds. The van der Waals surface area contributed by atoms with Crippen molar-refractivity contribution in [1.29, 1.82) is 0 Å². The van der Waals surface area contributed by atoms with E-state index in [0.717, 1.165) is 31.7 Å². The van der Waals surface area contributed by atoms with E-state index < -0.39 is 0 Å². The number of amides is 1. The largest absolute Gasteiger partial charge is 0.341 e. The van der Waals surface area contributed by atoms with Crippen molar-refractivity contribution in [1.82, 2.24) is 4.90 Å². The zero-order chi connectivity index (χ0) is 14.1. The monoisotopic (exact) mass is 296 g/mol. The number of hydrogen-bond donors (Lipinski definition) is 1. The number of hydrogen-bond acceptors (Lipinski definition) is 3. The fourth-order valence-electron chi connectivity index (χ4n) is 4.42. The molecule has 3 unspecified atom stereocenters. The van der Waals surface area contributed by atoms with Crippen molar-refractivity contribution in [3.8, 4) is 0 Å². The maximum absolute atomic E-state index is 12.8. The third kappa shape index (κ3) is 2.87. The predicted octanol–water partition coefficient (Wildman–Crippen LogP) is 2.49. The van der Waals surface area contributed by atoms with Crippen molar-refractivity contribution in [3.05, 3.63) is 0 Å². The minimum atomic E-state index is 0.269. The van der Waals surface area contributed by atoms with E-state index in [-0.39, 0.29) is 5.92 Å². The van der Waals surface area contributed by atoms with E-state index in [9.17, 15) is 4.79 Å². The number of rotatable bonds is 2. The Balaban J connectivity index is 1.62. The van der Waals surface area contributed by atoms with Crippen LogP contribution in [0.2, 0.25) is 0 Å². The van der Waals surface area contributed by atoms with Crippen LogP contribution < -0.4 is 5.73 Å². The first-order valence-corrected chi connectivity index (χ1v) is 9.40. The molecule has 3 aliphatic rings. The summed E-state index contributed by atoms with van der Waals surface area (Å²) >= 11 is 2.03. The summed E-state index contributed by atoms with van der Waals surface area (Å²) in [6.07, 6.45) is 7.09. The third-order valence-corrected chi connectivity index (χ3v) is 7.04. The van der Waals surface area contributed by atoms with Crippen molar-refractivity contribution >= 4 is 17.7 Å². The maximum Gasteiger partial charge on any atom is 0.225 e. The predicted molar refractivity (Wildman–Crippen MR) is 84.6 cm³/mol. The highest BCUT2D eigenvalue weighted by molar-refractivity contribution is 8.00. The van der Waals surface area contributed by atoms with Gasteiger partial charge in [-0.3, -0.25) is 4.79 Å². The lowest BCUT2D eigenvalue weighted by atomic mass is 9.65. The molecule has 114 valence electrons. The van der Waals surface area contributed by atoms with Crippen molar-refractivity contribution in [2.45, 2.75) is 56.7 Å². The molecule has 2 aliphatic carbocycles. The van der Waals surface area contributed by atoms with Gasteiger partial charge in [0.25, 0.3) is 0 Å². The second kappa shape index (κ2) is 6.27. The molecule has 2 N–H and O–H groups in total. The van der Waals surface area contributed by atoms with E-state index in [1.807, 2.05) is 11.8 Å². The number of nitrogens with two attached hydrogens (primary N) is 1. The summed E-state index contributed by atoms with van der Waals surface area (Å²) in [6.45, 7) is 4.16. The molecule has 0 spiro atoms. The van der Waals surface area contributed by atoms with Crippen LogP contribution in [-0.2, 0) is 4.79 Å². The summed E-state index contributed by atoms with van der Waals surface area (Å²) in [5.74, 6) is 3.04. The molecule has 1 heterocycles. The Labute approximate surface area is 127 Å². The average Bonchev–Trinajstić information content (AvgIpc) is 2.46. The van der Waals surface area contributed by atoms with Crippen LogP contribution in [0.5, 0.6) is 0 Å². The van der Waals surface area contributed by atoms with Gasteiger partial charge in [-0.15, -0.1) is 0 Å². The first kappa shape index (κ1) is 14.7. The number of carbonyl (C=O) groups excluding carboxylic acids is 1. The number of thioether (sulfide) groups is 1. The standard InChI is InChI=1S/C16H28N2OS/c1-2-14-10-18(6-7-20-14)16(19)13-8-11-4-3-5-12(9-13)15(11)17/h11-15H,2-10,17H2,1H3. The fraction of sp³-hybridized carbons (Fsp3) is 0.938. The molecule has 3 atom stereocenters. The fourth-order valence-corrected chi connectivity index (χ4v) is 5.60. The molecule has 4 heteroatoms. The van der Waals surface area contributed by atoms with Crippen LogP contribution in [-0.4, -0.2) is 40.9 Å². The van der Waals surface area contributed by atoms with Crippen LogP contribution in [0.4, 0.5) is 0 Å². The molecule has 0 aromatic heterocycles. The van der Waals surface area contributed by atoms with Gasteiger partial charge in [0.05, 0.1) is 0 Å². The van der Waals surface area contributed by atoms with Crippen LogP contribution >= 0.6 is 11.8 Å². The minimum absolute atomic E-state index is 0.269. The van der Waals surface area contributed by atoms with Crippen LogP contribution in [0.15, 0.2) is 0 Å². The lowest BCUT2D eigenvalue weighted by molar-refractivity contribution is -0.138. The third-order valence-electron chi connectivity index (χ3n) is 5.67. The smallest absolute Gasteiger partial charge is 0.225 e. The van der Waals surface area contributed by atoms with Crippen LogP contribution in [0.1, 0.15) is 45.4 Å². The highest BCUT2D eigenvalue weighted by Gasteiger charge is 2.42. The van der Waals surface area contributed by atoms with Gasteiger partial charge in [0.2, 0.25) is 5.91 Å². The quantitative estimate of drug-likeness (QED) is 0.851. The Bertz CT molecular complexity index is 348. The number of nitrogens with zero attached hydrogens (tertiary/aromatic N) is 1. The van der Waals surface area contributed by atoms with Gasteiger partial charge in [0.15, 0.2) is 0 Å². The van der Waals surface area contributed by atoms with Crippen molar-refractivity contribution < 1.29 is 4.79 Å². The van der Waals surface area contributed by atoms with Gasteiger partial charge in [0.1, 0.15) is 0 Å². The zero-order valence-corrected chi connectivity index (χ0v) is 13.4. The van der Waals surface area contributed by atoms with E-state index in [1.165, 1.54) is 25.7 Å². The summed E-state index contributed by atoms with van der Waals surface area (Å²) in [4.78, 5) is 15.0. The highest BCUT2D eigenvalue weighted by Crippen LogP contribution is 2.42. The highest BCUT2D eigenvalue weighted by atomic mass is 32.2. The maximum atomic E-state index is 12.8. The Hall–Kier alpha value is -0.220. The molecular weight excluding hydrogens is 268 g/mol. The van der Waals surface area contributed by atoms with Crippen LogP contribution in [0.25, 0.3) is 0 Å². The lowest BCUT2D eigenvalue weighted by Crippen LogP contribution is -2.51. The molecule has 2 saturated carbocycles. The molecule has 3 fully saturated rings. The van der Waals surface area contributed by atoms with Gasteiger partial charge >= 0.3 is 0 Å². The van der Waals surface area contributed by atoms with Gasteiger partial charge in [-0.2, -0.15) is 11.8 Å². The summed E-state index contributed by atoms with van der Waals surface area (Å²) in [5.41, 5.74) is 6.34. The SMILES string of the molecule is CCC1CN(C(=O)C2CC3CCCC(C2)C3N)CCS1. The number of fused-ring (bicyclic) bond motifs is 2. The molecule has 2 bridgehead atoms. The van der Waals surface area contributed by atoms with Gasteiger partial charge in [-0.1, -0.05) is 13.3 Å². The normalized spacial score (nSPS) is 41.5. The summed E-state index contributed by atoms with van der Waals surface area (Å²) in [5, 5.41) is 0.651. The summed E-state index contributed by atoms with van der Waals surface area (Å²) < 4.78 is 0. The van der Waals surface area contributed by atoms with Crippen molar-refractivity contribution in [3.63, 3.8) is 0 Å². The molecule has 1 saturated heterocycles. The number of carbonyl (C=O) groups is 1. The second-order valence-corrected chi connectivity index (χ2v) is 8.29. The van der Waals surface area contributed by atoms with Crippen LogP contribution in [0, 0.1) is 17.8 Å². The Morgan fingerprint density at radius 3 is 2.65 bits per heavy atom. The molecule has 0 aromatic rings. The van der Waals surface area contributed by atoms with Crippen molar-refractivity contribution in [2.75, 3.05) is 18.8 Å². The first-order chi connectivity index (χ1) is 9.69. The summed E-state index contributed by atoms with van der Waals surface area (Å²) in [6, 6.07) is 0.369. The summed E-state index contributed by atoms with van der Waals surface area (Å²) in [7, 11) is 0. The zero-order valence-electron chi connectivity index (χ0n) is 12.6. The van der Waals surface area contributed by atoms with Crippen molar-refractivity contribution in [2.24, 2.45) is 23.5 Å². The van der Waals surface area contributed by atoms with Gasteiger partial charge in [-0.25, -0.2) is 0 Å². The first-order valence-electron chi connectivity index (χ1n) is 8.35. The second-order valence-electron chi connectivity index (χ2n) is 6.88. The van der Waals surface area contributed by atoms with Gasteiger partial charge in [-0.05, 0) is 43.9 Å². The molecule has 0 radical (unpaired) electrons. The molecule has 3 nitrogen and oxygen atoms in total. The van der Waals surface area contributed by atoms with E-state index >= 15 is 0 Å². The Morgan fingerprint density at radius 2 is 2.00 bits per heavy atom. The Kier molecular flexibility index (Phi) is 4.61. The Morgan fingerprint density at radius 1 is 1.30 bits per heavy atom. The lowest BCUT2D eigenvalue weighted by Gasteiger charge is -2.45. The minimum Gasteiger partial charge on any atom is -0.341 e. The van der Waals surface area contributed by atoms with E-state index in [4.69, 9.17) is 5.73 Å². The molecule has 0 aromatic carbocycles. The topological polar surface area (TPSA) is 46.3 Å².